The molecule has 0 aromatic rings. The molecule has 0 aromatic heterocycles. The van der Waals surface area contributed by atoms with Gasteiger partial charge in [-0.15, -0.1) is 0 Å². The van der Waals surface area contributed by atoms with Crippen molar-refractivity contribution in [3.05, 3.63) is 0 Å². The summed E-state index contributed by atoms with van der Waals surface area (Å²) in [7, 11) is 5.09. The summed E-state index contributed by atoms with van der Waals surface area (Å²) >= 11 is 24.8. The van der Waals surface area contributed by atoms with Gasteiger partial charge in [-0.25, -0.2) is 4.99 Å². The highest BCUT2D eigenvalue weighted by Crippen LogP contribution is 2.19. The minimum atomic E-state index is -0.831. The van der Waals surface area contributed by atoms with Gasteiger partial charge in [0, 0.05) is 26.9 Å². The Kier molecular flexibility index (Phi) is 31.0. The number of nitrogens with one attached hydrogen (secondary N) is 2. The standard InChI is InChI=1S/C10H18N2O2S4.C6H12O2S2.C2H3NS/c1-11-9(15)17-6-4-3-5-7(8(13)14)18-10(16)12-2;7-6(8)5(10)3-1-2-4-9;1-3-2-4/h7H,3-6H2,1-2H3,(H,11,15)(H,12,16)(H,13,14);5,9-10H,1-4H2,(H,7,8);1H3. The topological polar surface area (TPSA) is 111 Å². The molecule has 0 aromatic carbocycles. The first-order valence-corrected chi connectivity index (χ1v) is 13.8. The van der Waals surface area contributed by atoms with Crippen molar-refractivity contribution in [1.82, 2.24) is 10.6 Å². The van der Waals surface area contributed by atoms with E-state index in [0.29, 0.717) is 17.2 Å². The number of hydrogen-bond acceptors (Lipinski definition) is 10. The highest BCUT2D eigenvalue weighted by molar-refractivity contribution is 8.23. The second-order valence-electron chi connectivity index (χ2n) is 5.75. The monoisotopic (exact) mass is 579 g/mol. The van der Waals surface area contributed by atoms with Crippen LogP contribution in [0.1, 0.15) is 38.5 Å². The largest absolute Gasteiger partial charge is 0.480 e. The number of aliphatic carboxylic acids is 2. The number of unbranched alkanes of at least 4 members (excludes halogenated alkanes) is 2. The molecule has 2 unspecified atom stereocenters. The Morgan fingerprint density at radius 2 is 1.56 bits per heavy atom. The molecule has 0 aliphatic rings. The van der Waals surface area contributed by atoms with Crippen molar-refractivity contribution in [1.29, 1.82) is 0 Å². The highest BCUT2D eigenvalue weighted by Gasteiger charge is 2.19. The molecule has 0 heterocycles. The molecule has 0 rings (SSSR count). The first-order chi connectivity index (χ1) is 15.1. The number of isothiocyanates is 1. The molecule has 2 atom stereocenters. The molecular weight excluding hydrogens is 547 g/mol. The van der Waals surface area contributed by atoms with Gasteiger partial charge < -0.3 is 20.8 Å². The molecule has 0 spiro atoms. The van der Waals surface area contributed by atoms with E-state index in [1.807, 2.05) is 0 Å². The number of thioether (sulfide) groups is 2. The molecule has 186 valence electrons. The van der Waals surface area contributed by atoms with Gasteiger partial charge in [-0.2, -0.15) is 25.3 Å². The van der Waals surface area contributed by atoms with Crippen molar-refractivity contribution in [3.63, 3.8) is 0 Å². The Morgan fingerprint density at radius 3 is 1.97 bits per heavy atom. The molecule has 0 aliphatic carbocycles. The van der Waals surface area contributed by atoms with Gasteiger partial charge in [-0.3, -0.25) is 9.59 Å². The molecule has 0 amide bonds. The maximum Gasteiger partial charge on any atom is 0.317 e. The van der Waals surface area contributed by atoms with Crippen LogP contribution < -0.4 is 10.6 Å². The lowest BCUT2D eigenvalue weighted by Gasteiger charge is -2.12. The zero-order valence-electron chi connectivity index (χ0n) is 18.4. The van der Waals surface area contributed by atoms with Gasteiger partial charge in [0.15, 0.2) is 0 Å². The van der Waals surface area contributed by atoms with Crippen LogP contribution in [0.15, 0.2) is 4.99 Å². The molecular formula is C18H33N3O4S7. The van der Waals surface area contributed by atoms with Crippen molar-refractivity contribution >= 4 is 111 Å². The maximum absolute atomic E-state index is 11.0. The Bertz CT molecular complexity index is 591. The third-order valence-corrected chi connectivity index (χ3v) is 7.42. The summed E-state index contributed by atoms with van der Waals surface area (Å²) in [6, 6.07) is 0. The normalized spacial score (nSPS) is 11.2. The number of thiocarbonyl (C=S) groups is 3. The Morgan fingerprint density at radius 1 is 1.03 bits per heavy atom. The van der Waals surface area contributed by atoms with E-state index in [-0.39, 0.29) is 0 Å². The van der Waals surface area contributed by atoms with E-state index < -0.39 is 22.4 Å². The highest BCUT2D eigenvalue weighted by atomic mass is 32.2. The molecule has 0 aliphatic heterocycles. The van der Waals surface area contributed by atoms with Gasteiger partial charge in [-0.1, -0.05) is 60.8 Å². The number of hydrogen-bond donors (Lipinski definition) is 6. The predicted molar refractivity (Wildman–Crippen MR) is 158 cm³/mol. The molecule has 0 radical (unpaired) electrons. The van der Waals surface area contributed by atoms with Crippen LogP contribution >= 0.6 is 85.4 Å². The van der Waals surface area contributed by atoms with Gasteiger partial charge in [0.05, 0.1) is 10.4 Å². The van der Waals surface area contributed by atoms with E-state index in [0.717, 1.165) is 41.5 Å². The summed E-state index contributed by atoms with van der Waals surface area (Å²) in [5.41, 5.74) is 0. The number of carboxylic acids is 2. The average Bonchev–Trinajstić information content (AvgIpc) is 2.77. The van der Waals surface area contributed by atoms with Crippen LogP contribution in [0.2, 0.25) is 0 Å². The van der Waals surface area contributed by atoms with Crippen LogP contribution in [0.5, 0.6) is 0 Å². The van der Waals surface area contributed by atoms with E-state index in [1.165, 1.54) is 11.8 Å². The van der Waals surface area contributed by atoms with Crippen LogP contribution in [0, 0.1) is 0 Å². The average molecular weight is 580 g/mol. The Hall–Kier alpha value is -0.0800. The molecule has 32 heavy (non-hydrogen) atoms. The summed E-state index contributed by atoms with van der Waals surface area (Å²) in [6.45, 7) is 0. The fourth-order valence-corrected chi connectivity index (χ4v) is 4.11. The molecule has 14 heteroatoms. The van der Waals surface area contributed by atoms with E-state index in [4.69, 9.17) is 34.6 Å². The fraction of sp³-hybridized carbons (Fsp3) is 0.722. The predicted octanol–water partition coefficient (Wildman–Crippen LogP) is 4.27. The summed E-state index contributed by atoms with van der Waals surface area (Å²) in [6.07, 6.45) is 4.92. The van der Waals surface area contributed by atoms with Crippen LogP contribution in [-0.4, -0.2) is 79.1 Å². The number of nitrogens with zero attached hydrogens (tertiary/aromatic N) is 1. The molecule has 0 bridgehead atoms. The summed E-state index contributed by atoms with van der Waals surface area (Å²) in [4.78, 5) is 24.5. The molecule has 0 fully saturated rings. The van der Waals surface area contributed by atoms with Crippen LogP contribution in [0.3, 0.4) is 0 Å². The SMILES string of the molecule is CN=C=S.CNC(=S)SCCCCC(SC(=S)NC)C(=O)O.O=C(O)C(S)CCCCS. The van der Waals surface area contributed by atoms with E-state index >= 15 is 0 Å². The number of thiol groups is 2. The molecule has 4 N–H and O–H groups in total. The lowest BCUT2D eigenvalue weighted by molar-refractivity contribution is -0.137. The molecule has 0 saturated heterocycles. The van der Waals surface area contributed by atoms with Crippen molar-refractivity contribution in [2.45, 2.75) is 49.0 Å². The fourth-order valence-electron chi connectivity index (χ4n) is 1.66. The zero-order chi connectivity index (χ0) is 25.4. The van der Waals surface area contributed by atoms with Crippen molar-refractivity contribution in [3.8, 4) is 0 Å². The smallest absolute Gasteiger partial charge is 0.317 e. The minimum absolute atomic E-state index is 0.466. The summed E-state index contributed by atoms with van der Waals surface area (Å²) < 4.78 is 1.30. The minimum Gasteiger partial charge on any atom is -0.480 e. The van der Waals surface area contributed by atoms with Gasteiger partial charge in [0.2, 0.25) is 0 Å². The summed E-state index contributed by atoms with van der Waals surface area (Å²) in [5, 5.41) is 24.3. The number of carboxylic acid groups (broad SMARTS) is 2. The van der Waals surface area contributed by atoms with Crippen LogP contribution in [0.4, 0.5) is 0 Å². The number of rotatable bonds is 12. The Labute approximate surface area is 226 Å². The Balaban J connectivity index is -0.000000502. The molecule has 7 nitrogen and oxygen atoms in total. The maximum atomic E-state index is 11.0. The second-order valence-corrected chi connectivity index (χ2v) is 10.7. The van der Waals surface area contributed by atoms with E-state index in [1.54, 1.807) is 32.9 Å². The zero-order valence-corrected chi connectivity index (χ0v) is 24.3. The van der Waals surface area contributed by atoms with E-state index in [9.17, 15) is 9.59 Å². The lowest BCUT2D eigenvalue weighted by Crippen LogP contribution is -2.22. The molecule has 0 saturated carbocycles. The van der Waals surface area contributed by atoms with Gasteiger partial charge in [0.1, 0.15) is 13.9 Å². The number of carbonyl (C=O) groups is 2. The van der Waals surface area contributed by atoms with Crippen molar-refractivity contribution in [2.24, 2.45) is 4.99 Å². The van der Waals surface area contributed by atoms with Crippen molar-refractivity contribution < 1.29 is 19.8 Å². The van der Waals surface area contributed by atoms with Crippen LogP contribution in [-0.2, 0) is 9.59 Å². The first-order valence-electron chi connectivity index (χ1n) is 9.54. The van der Waals surface area contributed by atoms with Gasteiger partial charge >= 0.3 is 11.9 Å². The quantitative estimate of drug-likeness (QED) is 0.0863. The first kappa shape index (κ1) is 36.5. The van der Waals surface area contributed by atoms with Gasteiger partial charge in [-0.05, 0) is 43.7 Å². The summed E-state index contributed by atoms with van der Waals surface area (Å²) in [5.74, 6) is 0.0892. The van der Waals surface area contributed by atoms with Crippen molar-refractivity contribution in [2.75, 3.05) is 32.6 Å². The van der Waals surface area contributed by atoms with Crippen LogP contribution in [0.25, 0.3) is 0 Å². The van der Waals surface area contributed by atoms with Gasteiger partial charge in [0.25, 0.3) is 0 Å². The second kappa shape index (κ2) is 27.2. The third kappa shape index (κ3) is 28.0. The van der Waals surface area contributed by atoms with E-state index in [2.05, 4.69) is 58.3 Å². The number of aliphatic imine (C=N–C) groups is 1. The third-order valence-electron chi connectivity index (χ3n) is 3.29. The lowest BCUT2D eigenvalue weighted by atomic mass is 10.2.